The first kappa shape index (κ1) is 21.2. The molecule has 4 rings (SSSR count). The molecule has 0 unspecified atom stereocenters. The van der Waals surface area contributed by atoms with Gasteiger partial charge in [-0.2, -0.15) is 5.26 Å². The molecule has 4 aromatic rings. The Morgan fingerprint density at radius 1 is 1.12 bits per heavy atom. The third-order valence-electron chi connectivity index (χ3n) is 4.73. The fraction of sp³-hybridized carbons (Fsp3) is 0.0800. The SMILES string of the molecule is CSc1nccn1-c1cccc(C(=O)Nc2cccc(OCc3cccc(C#N)c3)c2)c1. The van der Waals surface area contributed by atoms with E-state index in [9.17, 15) is 4.79 Å². The van der Waals surface area contributed by atoms with Gasteiger partial charge >= 0.3 is 0 Å². The number of carbonyl (C=O) groups excluding carboxylic acids is 1. The van der Waals surface area contributed by atoms with Crippen molar-refractivity contribution in [1.82, 2.24) is 9.55 Å². The Morgan fingerprint density at radius 2 is 1.97 bits per heavy atom. The number of benzene rings is 3. The highest BCUT2D eigenvalue weighted by molar-refractivity contribution is 7.98. The smallest absolute Gasteiger partial charge is 0.255 e. The quantitative estimate of drug-likeness (QED) is 0.395. The molecule has 32 heavy (non-hydrogen) atoms. The number of rotatable bonds is 7. The van der Waals surface area contributed by atoms with Crippen molar-refractivity contribution in [1.29, 1.82) is 5.26 Å². The van der Waals surface area contributed by atoms with Crippen molar-refractivity contribution in [3.8, 4) is 17.5 Å². The molecule has 1 heterocycles. The van der Waals surface area contributed by atoms with E-state index >= 15 is 0 Å². The number of nitrogens with zero attached hydrogens (tertiary/aromatic N) is 3. The van der Waals surface area contributed by atoms with Crippen LogP contribution in [0, 0.1) is 11.3 Å². The summed E-state index contributed by atoms with van der Waals surface area (Å²) in [6.45, 7) is 0.331. The lowest BCUT2D eigenvalue weighted by Crippen LogP contribution is -2.12. The van der Waals surface area contributed by atoms with E-state index in [2.05, 4.69) is 16.4 Å². The van der Waals surface area contributed by atoms with Gasteiger partial charge in [-0.05, 0) is 54.3 Å². The van der Waals surface area contributed by atoms with Gasteiger partial charge in [0.1, 0.15) is 12.4 Å². The molecule has 0 aliphatic carbocycles. The molecule has 1 aromatic heterocycles. The van der Waals surface area contributed by atoms with Crippen LogP contribution in [0.4, 0.5) is 5.69 Å². The monoisotopic (exact) mass is 440 g/mol. The average Bonchev–Trinajstić information content (AvgIpc) is 3.32. The normalized spacial score (nSPS) is 10.4. The average molecular weight is 441 g/mol. The van der Waals surface area contributed by atoms with Crippen molar-refractivity contribution in [3.63, 3.8) is 0 Å². The zero-order chi connectivity index (χ0) is 22.3. The van der Waals surface area contributed by atoms with E-state index < -0.39 is 0 Å². The van der Waals surface area contributed by atoms with E-state index in [0.29, 0.717) is 29.2 Å². The van der Waals surface area contributed by atoms with Crippen molar-refractivity contribution >= 4 is 23.4 Å². The first-order valence-electron chi connectivity index (χ1n) is 9.87. The third-order valence-corrected chi connectivity index (χ3v) is 5.40. The summed E-state index contributed by atoms with van der Waals surface area (Å²) in [6.07, 6.45) is 5.57. The number of anilines is 1. The van der Waals surface area contributed by atoms with Gasteiger partial charge in [0.15, 0.2) is 5.16 Å². The first-order chi connectivity index (χ1) is 15.7. The van der Waals surface area contributed by atoms with Crippen LogP contribution in [0.3, 0.4) is 0 Å². The molecule has 6 nitrogen and oxygen atoms in total. The lowest BCUT2D eigenvalue weighted by atomic mass is 10.1. The van der Waals surface area contributed by atoms with E-state index in [1.54, 1.807) is 42.2 Å². The fourth-order valence-corrected chi connectivity index (χ4v) is 3.73. The molecule has 0 spiro atoms. The van der Waals surface area contributed by atoms with Crippen molar-refractivity contribution in [2.45, 2.75) is 11.8 Å². The second-order valence-electron chi connectivity index (χ2n) is 6.92. The minimum Gasteiger partial charge on any atom is -0.489 e. The van der Waals surface area contributed by atoms with Crippen LogP contribution in [0.2, 0.25) is 0 Å². The van der Waals surface area contributed by atoms with Crippen molar-refractivity contribution < 1.29 is 9.53 Å². The molecule has 1 N–H and O–H groups in total. The van der Waals surface area contributed by atoms with Crippen LogP contribution < -0.4 is 10.1 Å². The summed E-state index contributed by atoms with van der Waals surface area (Å²) < 4.78 is 7.78. The molecular weight excluding hydrogens is 420 g/mol. The van der Waals surface area contributed by atoms with Gasteiger partial charge in [-0.3, -0.25) is 9.36 Å². The summed E-state index contributed by atoms with van der Waals surface area (Å²) in [7, 11) is 0. The van der Waals surface area contributed by atoms with E-state index in [1.807, 2.05) is 65.6 Å². The number of hydrogen-bond donors (Lipinski definition) is 1. The highest BCUT2D eigenvalue weighted by atomic mass is 32.2. The second-order valence-corrected chi connectivity index (χ2v) is 7.69. The topological polar surface area (TPSA) is 79.9 Å². The number of amides is 1. The Balaban J connectivity index is 1.45. The van der Waals surface area contributed by atoms with Crippen LogP contribution in [0.5, 0.6) is 5.75 Å². The van der Waals surface area contributed by atoms with Crippen molar-refractivity contribution in [2.75, 3.05) is 11.6 Å². The van der Waals surface area contributed by atoms with Gasteiger partial charge in [-0.1, -0.05) is 36.0 Å². The summed E-state index contributed by atoms with van der Waals surface area (Å²) in [5, 5.41) is 12.8. The standard InChI is InChI=1S/C25H20N4O2S/c1-32-25-27-11-12-29(25)22-9-3-7-20(14-22)24(30)28-21-8-4-10-23(15-21)31-17-19-6-2-5-18(13-19)16-26/h2-15H,17H2,1H3,(H,28,30). The van der Waals surface area contributed by atoms with Gasteiger partial charge in [-0.25, -0.2) is 4.98 Å². The van der Waals surface area contributed by atoms with Crippen molar-refractivity contribution in [3.05, 3.63) is 102 Å². The van der Waals surface area contributed by atoms with Crippen LogP contribution in [0.15, 0.2) is 90.3 Å². The van der Waals surface area contributed by atoms with Crippen LogP contribution in [0.25, 0.3) is 5.69 Å². The molecule has 0 radical (unpaired) electrons. The number of hydrogen-bond acceptors (Lipinski definition) is 5. The van der Waals surface area contributed by atoms with Gasteiger partial charge in [0, 0.05) is 35.4 Å². The molecule has 0 bridgehead atoms. The maximum Gasteiger partial charge on any atom is 0.255 e. The Morgan fingerprint density at radius 3 is 2.81 bits per heavy atom. The fourth-order valence-electron chi connectivity index (χ4n) is 3.20. The van der Waals surface area contributed by atoms with Crippen LogP contribution in [0.1, 0.15) is 21.5 Å². The Labute approximate surface area is 190 Å². The maximum absolute atomic E-state index is 12.8. The number of nitrogens with one attached hydrogen (secondary N) is 1. The molecule has 0 fully saturated rings. The van der Waals surface area contributed by atoms with Gasteiger partial charge in [0.25, 0.3) is 5.91 Å². The summed E-state index contributed by atoms with van der Waals surface area (Å²) in [5.41, 5.74) is 3.55. The maximum atomic E-state index is 12.8. The largest absolute Gasteiger partial charge is 0.489 e. The molecule has 0 atom stereocenters. The predicted molar refractivity (Wildman–Crippen MR) is 125 cm³/mol. The summed E-state index contributed by atoms with van der Waals surface area (Å²) in [5.74, 6) is 0.415. The zero-order valence-corrected chi connectivity index (χ0v) is 18.2. The van der Waals surface area contributed by atoms with E-state index in [1.165, 1.54) is 0 Å². The minimum absolute atomic E-state index is 0.212. The lowest BCUT2D eigenvalue weighted by molar-refractivity contribution is 0.102. The Bertz CT molecular complexity index is 1290. The number of thioether (sulfide) groups is 1. The van der Waals surface area contributed by atoms with Crippen LogP contribution >= 0.6 is 11.8 Å². The molecule has 158 valence electrons. The number of aromatic nitrogens is 2. The summed E-state index contributed by atoms with van der Waals surface area (Å²) >= 11 is 1.54. The molecule has 7 heteroatoms. The lowest BCUT2D eigenvalue weighted by Gasteiger charge is -2.11. The van der Waals surface area contributed by atoms with Gasteiger partial charge in [0.2, 0.25) is 0 Å². The molecule has 0 saturated heterocycles. The second kappa shape index (κ2) is 9.86. The highest BCUT2D eigenvalue weighted by Crippen LogP contribution is 2.22. The van der Waals surface area contributed by atoms with Crippen LogP contribution in [-0.2, 0) is 6.61 Å². The van der Waals surface area contributed by atoms with Gasteiger partial charge in [-0.15, -0.1) is 0 Å². The molecule has 3 aromatic carbocycles. The first-order valence-corrected chi connectivity index (χ1v) is 11.1. The van der Waals surface area contributed by atoms with E-state index in [-0.39, 0.29) is 5.91 Å². The molecule has 1 amide bonds. The Hall–Kier alpha value is -4.02. The number of ether oxygens (including phenoxy) is 1. The van der Waals surface area contributed by atoms with Gasteiger partial charge in [0.05, 0.1) is 11.6 Å². The molecule has 0 saturated carbocycles. The highest BCUT2D eigenvalue weighted by Gasteiger charge is 2.10. The third kappa shape index (κ3) is 4.99. The van der Waals surface area contributed by atoms with E-state index in [4.69, 9.17) is 10.00 Å². The molecule has 0 aliphatic rings. The number of carbonyl (C=O) groups is 1. The molecular formula is C25H20N4O2S. The van der Waals surface area contributed by atoms with E-state index in [0.717, 1.165) is 16.4 Å². The number of nitriles is 1. The van der Waals surface area contributed by atoms with Gasteiger partial charge < -0.3 is 10.1 Å². The van der Waals surface area contributed by atoms with Crippen LogP contribution in [-0.4, -0.2) is 21.7 Å². The summed E-state index contributed by atoms with van der Waals surface area (Å²) in [4.78, 5) is 17.1. The number of imidazole rings is 1. The summed E-state index contributed by atoms with van der Waals surface area (Å²) in [6, 6.07) is 24.0. The predicted octanol–water partition coefficient (Wildman–Crippen LogP) is 5.30. The zero-order valence-electron chi connectivity index (χ0n) is 17.4. The molecule has 0 aliphatic heterocycles. The minimum atomic E-state index is -0.212. The van der Waals surface area contributed by atoms with Crippen molar-refractivity contribution in [2.24, 2.45) is 0 Å². The Kier molecular flexibility index (Phi) is 6.54.